The summed E-state index contributed by atoms with van der Waals surface area (Å²) in [6.45, 7) is 1.28. The van der Waals surface area contributed by atoms with Crippen molar-refractivity contribution < 1.29 is 19.5 Å². The van der Waals surface area contributed by atoms with Crippen LogP contribution in [-0.2, 0) is 17.9 Å². The van der Waals surface area contributed by atoms with E-state index in [0.29, 0.717) is 16.1 Å². The van der Waals surface area contributed by atoms with E-state index in [2.05, 4.69) is 15.6 Å². The van der Waals surface area contributed by atoms with Gasteiger partial charge >= 0.3 is 5.97 Å². The predicted molar refractivity (Wildman–Crippen MR) is 73.2 cm³/mol. The largest absolute Gasteiger partial charge is 0.480 e. The fourth-order valence-electron chi connectivity index (χ4n) is 1.53. The molecule has 0 unspecified atom stereocenters. The summed E-state index contributed by atoms with van der Waals surface area (Å²) in [5, 5.41) is 20.2. The van der Waals surface area contributed by atoms with Crippen LogP contribution >= 0.6 is 11.3 Å². The number of aliphatic carboxylic acids is 1. The third-order valence-corrected chi connectivity index (χ3v) is 3.47. The maximum atomic E-state index is 11.9. The van der Waals surface area contributed by atoms with Crippen molar-refractivity contribution in [1.82, 2.24) is 20.3 Å². The maximum absolute atomic E-state index is 11.9. The third-order valence-electron chi connectivity index (χ3n) is 2.54. The van der Waals surface area contributed by atoms with Crippen molar-refractivity contribution in [2.75, 3.05) is 0 Å². The monoisotopic (exact) mass is 308 g/mol. The Morgan fingerprint density at radius 2 is 2.19 bits per heavy atom. The van der Waals surface area contributed by atoms with Gasteiger partial charge in [0, 0.05) is 10.9 Å². The first-order valence-electron chi connectivity index (χ1n) is 5.94. The second-order valence-electron chi connectivity index (χ2n) is 4.24. The quantitative estimate of drug-likeness (QED) is 0.753. The summed E-state index contributed by atoms with van der Waals surface area (Å²) in [5.74, 6) is -1.44. The molecule has 0 aliphatic heterocycles. The second kappa shape index (κ2) is 6.27. The Bertz CT molecular complexity index is 691. The Kier molecular flexibility index (Phi) is 4.43. The lowest BCUT2D eigenvalue weighted by Gasteiger charge is -1.99. The van der Waals surface area contributed by atoms with E-state index in [-0.39, 0.29) is 24.8 Å². The molecule has 0 aliphatic rings. The smallest absolute Gasteiger partial charge is 0.325 e. The van der Waals surface area contributed by atoms with Gasteiger partial charge in [0.25, 0.3) is 5.91 Å². The Labute approximate surface area is 123 Å². The zero-order valence-electron chi connectivity index (χ0n) is 11.1. The predicted octanol–water partition coefficient (Wildman–Crippen LogP) is 0.557. The van der Waals surface area contributed by atoms with Crippen LogP contribution < -0.4 is 5.32 Å². The van der Waals surface area contributed by atoms with Crippen LogP contribution in [0.2, 0.25) is 0 Å². The molecule has 0 bridgehead atoms. The number of nitrogens with zero attached hydrogens (tertiary/aromatic N) is 3. The van der Waals surface area contributed by atoms with Crippen molar-refractivity contribution >= 4 is 29.0 Å². The zero-order valence-corrected chi connectivity index (χ0v) is 11.9. The Morgan fingerprint density at radius 1 is 1.43 bits per heavy atom. The molecule has 0 saturated carbocycles. The van der Waals surface area contributed by atoms with Crippen molar-refractivity contribution in [3.63, 3.8) is 0 Å². The minimum absolute atomic E-state index is 0.0955. The van der Waals surface area contributed by atoms with Gasteiger partial charge in [0.15, 0.2) is 5.78 Å². The van der Waals surface area contributed by atoms with Crippen molar-refractivity contribution in [2.24, 2.45) is 0 Å². The lowest BCUT2D eigenvalue weighted by molar-refractivity contribution is -0.137. The Hall–Kier alpha value is -2.55. The van der Waals surface area contributed by atoms with E-state index in [4.69, 9.17) is 5.11 Å². The van der Waals surface area contributed by atoms with Crippen molar-refractivity contribution in [1.29, 1.82) is 0 Å². The number of thiophene rings is 1. The molecule has 2 aromatic rings. The van der Waals surface area contributed by atoms with Gasteiger partial charge in [-0.2, -0.15) is 0 Å². The van der Waals surface area contributed by atoms with Gasteiger partial charge in [-0.1, -0.05) is 5.21 Å². The molecule has 110 valence electrons. The molecule has 1 amide bonds. The third kappa shape index (κ3) is 3.96. The van der Waals surface area contributed by atoms with Gasteiger partial charge in [-0.15, -0.1) is 16.4 Å². The molecule has 8 nitrogen and oxygen atoms in total. The van der Waals surface area contributed by atoms with E-state index >= 15 is 0 Å². The standard InChI is InChI=1S/C12H12N4O4S/c1-7(17)8-2-10(21-6-8)12(20)13-3-9-4-16(15-14-9)5-11(18)19/h2,4,6H,3,5H2,1H3,(H,13,20)(H,18,19). The number of carbonyl (C=O) groups excluding carboxylic acids is 2. The van der Waals surface area contributed by atoms with Crippen LogP contribution in [0.1, 0.15) is 32.6 Å². The van der Waals surface area contributed by atoms with Crippen LogP contribution in [0.3, 0.4) is 0 Å². The molecule has 0 radical (unpaired) electrons. The minimum atomic E-state index is -1.02. The number of Topliss-reactive ketones (excluding diaryl/α,β-unsaturated/α-hetero) is 1. The molecule has 9 heteroatoms. The van der Waals surface area contributed by atoms with Gasteiger partial charge in [0.1, 0.15) is 12.2 Å². The Morgan fingerprint density at radius 3 is 2.81 bits per heavy atom. The summed E-state index contributed by atoms with van der Waals surface area (Å²) in [6, 6.07) is 1.53. The maximum Gasteiger partial charge on any atom is 0.325 e. The summed E-state index contributed by atoms with van der Waals surface area (Å²) < 4.78 is 1.17. The minimum Gasteiger partial charge on any atom is -0.480 e. The first-order valence-corrected chi connectivity index (χ1v) is 6.82. The highest BCUT2D eigenvalue weighted by molar-refractivity contribution is 7.12. The summed E-state index contributed by atoms with van der Waals surface area (Å²) in [6.07, 6.45) is 1.45. The van der Waals surface area contributed by atoms with Gasteiger partial charge in [-0.05, 0) is 13.0 Å². The highest BCUT2D eigenvalue weighted by Crippen LogP contribution is 2.15. The molecule has 2 N–H and O–H groups in total. The molecule has 0 atom stereocenters. The highest BCUT2D eigenvalue weighted by atomic mass is 32.1. The average molecular weight is 308 g/mol. The fraction of sp³-hybridized carbons (Fsp3) is 0.250. The zero-order chi connectivity index (χ0) is 15.4. The molecule has 0 fully saturated rings. The molecule has 2 heterocycles. The van der Waals surface area contributed by atoms with Crippen molar-refractivity contribution in [2.45, 2.75) is 20.0 Å². The van der Waals surface area contributed by atoms with E-state index in [1.807, 2.05) is 0 Å². The number of hydrogen-bond donors (Lipinski definition) is 2. The lowest BCUT2D eigenvalue weighted by Crippen LogP contribution is -2.22. The number of carbonyl (C=O) groups is 3. The number of nitrogens with one attached hydrogen (secondary N) is 1. The number of carboxylic acid groups (broad SMARTS) is 1. The van der Waals surface area contributed by atoms with Crippen LogP contribution in [0.15, 0.2) is 17.6 Å². The fourth-order valence-corrected chi connectivity index (χ4v) is 2.40. The first kappa shape index (κ1) is 14.9. The lowest BCUT2D eigenvalue weighted by atomic mass is 10.2. The summed E-state index contributed by atoms with van der Waals surface area (Å²) in [4.78, 5) is 34.0. The number of carboxylic acids is 1. The molecular formula is C12H12N4O4S. The van der Waals surface area contributed by atoms with Crippen LogP contribution in [0.5, 0.6) is 0 Å². The van der Waals surface area contributed by atoms with E-state index in [9.17, 15) is 14.4 Å². The topological polar surface area (TPSA) is 114 Å². The molecule has 2 rings (SSSR count). The van der Waals surface area contributed by atoms with Gasteiger partial charge in [-0.3, -0.25) is 14.4 Å². The molecule has 0 aromatic carbocycles. The molecule has 2 aromatic heterocycles. The van der Waals surface area contributed by atoms with Crippen LogP contribution in [0, 0.1) is 0 Å². The molecule has 0 saturated heterocycles. The Balaban J connectivity index is 1.92. The van der Waals surface area contributed by atoms with Gasteiger partial charge in [-0.25, -0.2) is 4.68 Å². The number of rotatable bonds is 6. The van der Waals surface area contributed by atoms with Crippen molar-refractivity contribution in [3.8, 4) is 0 Å². The molecular weight excluding hydrogens is 296 g/mol. The highest BCUT2D eigenvalue weighted by Gasteiger charge is 2.12. The molecule has 0 aliphatic carbocycles. The van der Waals surface area contributed by atoms with Gasteiger partial charge in [0.05, 0.1) is 17.6 Å². The summed E-state index contributed by atoms with van der Waals surface area (Å²) in [7, 11) is 0. The van der Waals surface area contributed by atoms with E-state index in [1.165, 1.54) is 35.2 Å². The van der Waals surface area contributed by atoms with E-state index in [1.54, 1.807) is 5.38 Å². The molecule has 21 heavy (non-hydrogen) atoms. The number of amides is 1. The van der Waals surface area contributed by atoms with E-state index < -0.39 is 5.97 Å². The average Bonchev–Trinajstić information content (AvgIpc) is 3.04. The summed E-state index contributed by atoms with van der Waals surface area (Å²) >= 11 is 1.18. The van der Waals surface area contributed by atoms with Crippen LogP contribution in [0.4, 0.5) is 0 Å². The number of aromatic nitrogens is 3. The van der Waals surface area contributed by atoms with Crippen molar-refractivity contribution in [3.05, 3.63) is 33.8 Å². The van der Waals surface area contributed by atoms with Gasteiger partial charge in [0.2, 0.25) is 0 Å². The van der Waals surface area contributed by atoms with E-state index in [0.717, 1.165) is 0 Å². The number of hydrogen-bond acceptors (Lipinski definition) is 6. The first-order chi connectivity index (χ1) is 9.95. The van der Waals surface area contributed by atoms with Gasteiger partial charge < -0.3 is 10.4 Å². The normalized spacial score (nSPS) is 10.3. The second-order valence-corrected chi connectivity index (χ2v) is 5.15. The SMILES string of the molecule is CC(=O)c1csc(C(=O)NCc2cn(CC(=O)O)nn2)c1. The van der Waals surface area contributed by atoms with Crippen LogP contribution in [-0.4, -0.2) is 37.8 Å². The van der Waals surface area contributed by atoms with Crippen LogP contribution in [0.25, 0.3) is 0 Å². The molecule has 0 spiro atoms. The number of ketones is 1. The summed E-state index contributed by atoms with van der Waals surface area (Å²) in [5.41, 5.74) is 0.950.